The zero-order chi connectivity index (χ0) is 11.0. The second-order valence-electron chi connectivity index (χ2n) is 3.48. The van der Waals surface area contributed by atoms with Crippen molar-refractivity contribution in [3.05, 3.63) is 40.7 Å². The molecule has 15 heavy (non-hydrogen) atoms. The normalized spacial score (nSPS) is 10.6. The van der Waals surface area contributed by atoms with Gasteiger partial charge in [0.05, 0.1) is 23.3 Å². The SMILES string of the molecule is Cc1c(Cl)cccc1-n1ncc(N)c1C. The maximum atomic E-state index is 6.05. The van der Waals surface area contributed by atoms with Gasteiger partial charge < -0.3 is 5.73 Å². The molecule has 2 N–H and O–H groups in total. The Hall–Kier alpha value is -1.48. The van der Waals surface area contributed by atoms with Crippen LogP contribution in [0.5, 0.6) is 0 Å². The van der Waals surface area contributed by atoms with Gasteiger partial charge in [0.2, 0.25) is 0 Å². The van der Waals surface area contributed by atoms with Crippen LogP contribution in [0.1, 0.15) is 11.3 Å². The van der Waals surface area contributed by atoms with Crippen molar-refractivity contribution in [2.45, 2.75) is 13.8 Å². The first-order valence-electron chi connectivity index (χ1n) is 4.67. The Labute approximate surface area is 93.5 Å². The van der Waals surface area contributed by atoms with E-state index in [1.165, 1.54) is 0 Å². The van der Waals surface area contributed by atoms with E-state index in [1.54, 1.807) is 10.9 Å². The van der Waals surface area contributed by atoms with Crippen molar-refractivity contribution in [3.8, 4) is 5.69 Å². The van der Waals surface area contributed by atoms with Crippen molar-refractivity contribution in [2.24, 2.45) is 0 Å². The third-order valence-electron chi connectivity index (χ3n) is 2.52. The van der Waals surface area contributed by atoms with Gasteiger partial charge in [0.25, 0.3) is 0 Å². The van der Waals surface area contributed by atoms with Crippen molar-refractivity contribution in [2.75, 3.05) is 5.73 Å². The predicted molar refractivity (Wildman–Crippen MR) is 62.5 cm³/mol. The highest BCUT2D eigenvalue weighted by Crippen LogP contribution is 2.24. The van der Waals surface area contributed by atoms with Crippen molar-refractivity contribution >= 4 is 17.3 Å². The summed E-state index contributed by atoms with van der Waals surface area (Å²) in [5.74, 6) is 0. The minimum Gasteiger partial charge on any atom is -0.396 e. The topological polar surface area (TPSA) is 43.8 Å². The highest BCUT2D eigenvalue weighted by atomic mass is 35.5. The van der Waals surface area contributed by atoms with Crippen molar-refractivity contribution in [3.63, 3.8) is 0 Å². The Morgan fingerprint density at radius 2 is 2.07 bits per heavy atom. The number of benzene rings is 1. The lowest BCUT2D eigenvalue weighted by molar-refractivity contribution is 0.841. The molecule has 0 atom stereocenters. The third kappa shape index (κ3) is 1.59. The molecule has 1 aromatic carbocycles. The summed E-state index contributed by atoms with van der Waals surface area (Å²) < 4.78 is 1.80. The van der Waals surface area contributed by atoms with E-state index in [0.717, 1.165) is 22.0 Å². The molecule has 1 heterocycles. The second-order valence-corrected chi connectivity index (χ2v) is 3.89. The molecule has 0 saturated carbocycles. The van der Waals surface area contributed by atoms with Crippen molar-refractivity contribution in [1.29, 1.82) is 0 Å². The summed E-state index contributed by atoms with van der Waals surface area (Å²) in [5.41, 5.74) is 9.34. The van der Waals surface area contributed by atoms with Crippen LogP contribution >= 0.6 is 11.6 Å². The number of nitrogens with two attached hydrogens (primary N) is 1. The standard InChI is InChI=1S/C11H12ClN3/c1-7-9(12)4-3-5-11(7)15-8(2)10(13)6-14-15/h3-6H,13H2,1-2H3. The summed E-state index contributed by atoms with van der Waals surface area (Å²) in [6, 6.07) is 5.74. The number of nitrogen functional groups attached to an aromatic ring is 1. The van der Waals surface area contributed by atoms with Gasteiger partial charge in [-0.05, 0) is 31.5 Å². The number of hydrogen-bond donors (Lipinski definition) is 1. The number of hydrogen-bond acceptors (Lipinski definition) is 2. The van der Waals surface area contributed by atoms with Crippen LogP contribution < -0.4 is 5.73 Å². The number of anilines is 1. The van der Waals surface area contributed by atoms with Crippen LogP contribution in [0.25, 0.3) is 5.69 Å². The molecule has 0 aliphatic carbocycles. The molecule has 0 aliphatic heterocycles. The van der Waals surface area contributed by atoms with Crippen LogP contribution in [0.2, 0.25) is 5.02 Å². The van der Waals surface area contributed by atoms with E-state index in [0.29, 0.717) is 5.69 Å². The van der Waals surface area contributed by atoms with E-state index in [9.17, 15) is 0 Å². The van der Waals surface area contributed by atoms with Crippen LogP contribution in [0.15, 0.2) is 24.4 Å². The number of aromatic nitrogens is 2. The largest absolute Gasteiger partial charge is 0.396 e. The smallest absolute Gasteiger partial charge is 0.0734 e. The minimum absolute atomic E-state index is 0.689. The Kier molecular flexibility index (Phi) is 2.40. The van der Waals surface area contributed by atoms with E-state index < -0.39 is 0 Å². The quantitative estimate of drug-likeness (QED) is 0.805. The van der Waals surface area contributed by atoms with E-state index in [4.69, 9.17) is 17.3 Å². The van der Waals surface area contributed by atoms with Gasteiger partial charge in [-0.15, -0.1) is 0 Å². The molecule has 0 fully saturated rings. The lowest BCUT2D eigenvalue weighted by atomic mass is 10.2. The molecule has 2 rings (SSSR count). The second kappa shape index (κ2) is 3.59. The first-order valence-corrected chi connectivity index (χ1v) is 5.04. The molecule has 0 saturated heterocycles. The number of rotatable bonds is 1. The Morgan fingerprint density at radius 1 is 1.33 bits per heavy atom. The summed E-state index contributed by atoms with van der Waals surface area (Å²) >= 11 is 6.05. The van der Waals surface area contributed by atoms with Gasteiger partial charge in [0.15, 0.2) is 0 Å². The van der Waals surface area contributed by atoms with Gasteiger partial charge in [0.1, 0.15) is 0 Å². The Balaban J connectivity index is 2.64. The van der Waals surface area contributed by atoms with Gasteiger partial charge in [-0.2, -0.15) is 5.10 Å². The zero-order valence-electron chi connectivity index (χ0n) is 8.66. The van der Waals surface area contributed by atoms with Crippen molar-refractivity contribution in [1.82, 2.24) is 9.78 Å². The highest BCUT2D eigenvalue weighted by Gasteiger charge is 2.08. The van der Waals surface area contributed by atoms with Gasteiger partial charge in [-0.1, -0.05) is 17.7 Å². The predicted octanol–water partition coefficient (Wildman–Crippen LogP) is 2.72. The first-order chi connectivity index (χ1) is 7.11. The number of nitrogens with zero attached hydrogens (tertiary/aromatic N) is 2. The summed E-state index contributed by atoms with van der Waals surface area (Å²) in [7, 11) is 0. The molecule has 0 bridgehead atoms. The summed E-state index contributed by atoms with van der Waals surface area (Å²) in [6.07, 6.45) is 1.65. The molecule has 0 radical (unpaired) electrons. The molecule has 78 valence electrons. The average molecular weight is 222 g/mol. The van der Waals surface area contributed by atoms with E-state index >= 15 is 0 Å². The van der Waals surface area contributed by atoms with Gasteiger partial charge in [0, 0.05) is 5.02 Å². The minimum atomic E-state index is 0.689. The molecule has 0 spiro atoms. The highest BCUT2D eigenvalue weighted by molar-refractivity contribution is 6.31. The summed E-state index contributed by atoms with van der Waals surface area (Å²) in [6.45, 7) is 3.90. The van der Waals surface area contributed by atoms with Gasteiger partial charge in [-0.3, -0.25) is 0 Å². The fourth-order valence-electron chi connectivity index (χ4n) is 1.49. The zero-order valence-corrected chi connectivity index (χ0v) is 9.42. The van der Waals surface area contributed by atoms with E-state index in [1.807, 2.05) is 32.0 Å². The molecule has 4 heteroatoms. The first kappa shape index (κ1) is 10.1. The van der Waals surface area contributed by atoms with Crippen molar-refractivity contribution < 1.29 is 0 Å². The fraction of sp³-hybridized carbons (Fsp3) is 0.182. The number of halogens is 1. The summed E-state index contributed by atoms with van der Waals surface area (Å²) in [5, 5.41) is 4.96. The van der Waals surface area contributed by atoms with Crippen LogP contribution in [-0.4, -0.2) is 9.78 Å². The molecule has 0 unspecified atom stereocenters. The molecular formula is C11H12ClN3. The van der Waals surface area contributed by atoms with Crippen LogP contribution in [0.3, 0.4) is 0 Å². The lowest BCUT2D eigenvalue weighted by Crippen LogP contribution is -2.02. The maximum Gasteiger partial charge on any atom is 0.0734 e. The molecule has 2 aromatic rings. The van der Waals surface area contributed by atoms with Crippen LogP contribution in [0.4, 0.5) is 5.69 Å². The molecule has 3 nitrogen and oxygen atoms in total. The maximum absolute atomic E-state index is 6.05. The van der Waals surface area contributed by atoms with Gasteiger partial charge >= 0.3 is 0 Å². The lowest BCUT2D eigenvalue weighted by Gasteiger charge is -2.09. The molecule has 1 aromatic heterocycles. The summed E-state index contributed by atoms with van der Waals surface area (Å²) in [4.78, 5) is 0. The average Bonchev–Trinajstić information content (AvgIpc) is 2.53. The molecule has 0 aliphatic rings. The van der Waals surface area contributed by atoms with Gasteiger partial charge in [-0.25, -0.2) is 4.68 Å². The van der Waals surface area contributed by atoms with Crippen LogP contribution in [-0.2, 0) is 0 Å². The Bertz CT molecular complexity index is 503. The Morgan fingerprint density at radius 3 is 2.67 bits per heavy atom. The van der Waals surface area contributed by atoms with Crippen LogP contribution in [0, 0.1) is 13.8 Å². The fourth-order valence-corrected chi connectivity index (χ4v) is 1.66. The molecular weight excluding hydrogens is 210 g/mol. The third-order valence-corrected chi connectivity index (χ3v) is 2.92. The molecule has 0 amide bonds. The van der Waals surface area contributed by atoms with E-state index in [-0.39, 0.29) is 0 Å². The monoisotopic (exact) mass is 221 g/mol. The van der Waals surface area contributed by atoms with E-state index in [2.05, 4.69) is 5.10 Å².